The maximum Gasteiger partial charge on any atom is 0.168 e. The fraction of sp³-hybridized carbons (Fsp3) is 0.125. The van der Waals surface area contributed by atoms with Crippen molar-refractivity contribution in [1.82, 2.24) is 0 Å². The molecule has 1 aromatic rings. The van der Waals surface area contributed by atoms with Crippen molar-refractivity contribution < 1.29 is 15.0 Å². The van der Waals surface area contributed by atoms with Crippen LogP contribution in [0.2, 0.25) is 0 Å². The lowest BCUT2D eigenvalue weighted by molar-refractivity contribution is 0.112. The van der Waals surface area contributed by atoms with E-state index in [4.69, 9.17) is 10.2 Å². The van der Waals surface area contributed by atoms with Crippen molar-refractivity contribution in [3.63, 3.8) is 0 Å². The van der Waals surface area contributed by atoms with E-state index in [0.717, 1.165) is 5.56 Å². The summed E-state index contributed by atoms with van der Waals surface area (Å²) in [5.74, 6) is -0.613. The van der Waals surface area contributed by atoms with Crippen LogP contribution in [-0.4, -0.2) is 16.5 Å². The number of phenolic OH excluding ortho intramolecular Hbond substituents is 2. The molecule has 0 aliphatic rings. The van der Waals surface area contributed by atoms with Gasteiger partial charge in [-0.2, -0.15) is 0 Å². The molecule has 0 aliphatic carbocycles. The molecule has 3 nitrogen and oxygen atoms in total. The first-order valence-electron chi connectivity index (χ1n) is 3.13. The summed E-state index contributed by atoms with van der Waals surface area (Å²) in [7, 11) is 0. The molecule has 0 amide bonds. The Morgan fingerprint density at radius 3 is 2.55 bits per heavy atom. The number of benzene rings is 1. The Bertz CT molecular complexity index is 292. The normalized spacial score (nSPS) is 9.55. The summed E-state index contributed by atoms with van der Waals surface area (Å²) in [5.41, 5.74) is 0.852. The molecule has 1 rings (SSSR count). The minimum Gasteiger partial charge on any atom is -0.504 e. The Labute approximate surface area is 63.9 Å². The Balaban J connectivity index is 3.35. The maximum atomic E-state index is 10.3. The molecule has 0 fully saturated rings. The van der Waals surface area contributed by atoms with Gasteiger partial charge in [-0.1, -0.05) is 0 Å². The summed E-state index contributed by atoms with van der Waals surface area (Å²) in [6.07, 6.45) is 0.502. The van der Waals surface area contributed by atoms with E-state index >= 15 is 0 Å². The van der Waals surface area contributed by atoms with Crippen LogP contribution in [0.1, 0.15) is 15.9 Å². The average Bonchev–Trinajstić information content (AvgIpc) is 1.96. The topological polar surface area (TPSA) is 57.5 Å². The Morgan fingerprint density at radius 1 is 1.36 bits per heavy atom. The smallest absolute Gasteiger partial charge is 0.168 e. The van der Waals surface area contributed by atoms with Gasteiger partial charge in [0, 0.05) is 0 Å². The second-order valence-corrected chi connectivity index (χ2v) is 2.34. The third-order valence-corrected chi connectivity index (χ3v) is 1.39. The van der Waals surface area contributed by atoms with E-state index in [1.165, 1.54) is 12.1 Å². The van der Waals surface area contributed by atoms with E-state index in [2.05, 4.69) is 0 Å². The second-order valence-electron chi connectivity index (χ2n) is 2.34. The van der Waals surface area contributed by atoms with Gasteiger partial charge in [0.05, 0.1) is 5.56 Å². The molecule has 11 heavy (non-hydrogen) atoms. The van der Waals surface area contributed by atoms with Crippen molar-refractivity contribution in [2.75, 3.05) is 0 Å². The molecule has 1 aromatic carbocycles. The molecule has 0 bridgehead atoms. The van der Waals surface area contributed by atoms with Gasteiger partial charge in [0.2, 0.25) is 0 Å². The second kappa shape index (κ2) is 2.62. The van der Waals surface area contributed by atoms with Crippen LogP contribution < -0.4 is 0 Å². The van der Waals surface area contributed by atoms with Gasteiger partial charge in [0.15, 0.2) is 17.8 Å². The summed E-state index contributed by atoms with van der Waals surface area (Å²) in [6.45, 7) is 1.73. The van der Waals surface area contributed by atoms with E-state index in [-0.39, 0.29) is 17.1 Å². The summed E-state index contributed by atoms with van der Waals surface area (Å²) >= 11 is 0. The zero-order chi connectivity index (χ0) is 8.43. The molecule has 0 saturated heterocycles. The summed E-state index contributed by atoms with van der Waals surface area (Å²) in [5, 5.41) is 18.0. The molecule has 3 heteroatoms. The van der Waals surface area contributed by atoms with Crippen molar-refractivity contribution in [2.45, 2.75) is 6.92 Å². The molecule has 0 spiro atoms. The van der Waals surface area contributed by atoms with Crippen molar-refractivity contribution in [3.05, 3.63) is 23.3 Å². The minimum atomic E-state index is -0.356. The Morgan fingerprint density at radius 2 is 2.00 bits per heavy atom. The van der Waals surface area contributed by atoms with Gasteiger partial charge in [-0.15, -0.1) is 0 Å². The lowest BCUT2D eigenvalue weighted by atomic mass is 10.1. The van der Waals surface area contributed by atoms with Crippen molar-refractivity contribution in [3.8, 4) is 11.5 Å². The van der Waals surface area contributed by atoms with Crippen LogP contribution in [0.3, 0.4) is 0 Å². The number of aryl methyl sites for hydroxylation is 1. The zero-order valence-corrected chi connectivity index (χ0v) is 6.03. The molecule has 0 heterocycles. The van der Waals surface area contributed by atoms with Gasteiger partial charge in [0.1, 0.15) is 0 Å². The van der Waals surface area contributed by atoms with Crippen LogP contribution in [0.15, 0.2) is 12.1 Å². The number of aldehydes is 1. The summed E-state index contributed by atoms with van der Waals surface area (Å²) < 4.78 is 0. The highest BCUT2D eigenvalue weighted by Gasteiger charge is 2.05. The fourth-order valence-corrected chi connectivity index (χ4v) is 0.877. The Kier molecular flexibility index (Phi) is 1.81. The number of phenols is 2. The quantitative estimate of drug-likeness (QED) is 0.470. The van der Waals surface area contributed by atoms with E-state index in [0.29, 0.717) is 6.29 Å². The molecular formula is C8H8O3. The van der Waals surface area contributed by atoms with Crippen LogP contribution in [-0.2, 0) is 0 Å². The third kappa shape index (κ3) is 1.32. The first-order chi connectivity index (χ1) is 5.15. The lowest BCUT2D eigenvalue weighted by Crippen LogP contribution is -1.83. The number of carbonyl (C=O) groups is 1. The largest absolute Gasteiger partial charge is 0.504 e. The number of hydrogen-bond acceptors (Lipinski definition) is 3. The minimum absolute atomic E-state index is 0.113. The van der Waals surface area contributed by atoms with Crippen molar-refractivity contribution in [2.24, 2.45) is 0 Å². The van der Waals surface area contributed by atoms with Crippen LogP contribution >= 0.6 is 0 Å². The summed E-state index contributed by atoms with van der Waals surface area (Å²) in [6, 6.07) is 2.89. The van der Waals surface area contributed by atoms with E-state index < -0.39 is 0 Å². The molecule has 0 aromatic heterocycles. The van der Waals surface area contributed by atoms with Crippen LogP contribution in [0.25, 0.3) is 0 Å². The molecule has 0 atom stereocenters. The van der Waals surface area contributed by atoms with Gasteiger partial charge in [-0.05, 0) is 24.6 Å². The van der Waals surface area contributed by atoms with Crippen LogP contribution in [0, 0.1) is 6.92 Å². The maximum absolute atomic E-state index is 10.3. The highest BCUT2D eigenvalue weighted by Crippen LogP contribution is 2.28. The predicted octanol–water partition coefficient (Wildman–Crippen LogP) is 1.22. The first-order valence-corrected chi connectivity index (χ1v) is 3.13. The average molecular weight is 152 g/mol. The van der Waals surface area contributed by atoms with Crippen LogP contribution in [0.4, 0.5) is 0 Å². The molecule has 2 N–H and O–H groups in total. The first kappa shape index (κ1) is 7.60. The number of aromatic hydroxyl groups is 2. The number of hydrogen-bond donors (Lipinski definition) is 2. The summed E-state index contributed by atoms with van der Waals surface area (Å²) in [4.78, 5) is 10.3. The Hall–Kier alpha value is -1.51. The predicted molar refractivity (Wildman–Crippen MR) is 39.9 cm³/mol. The molecule has 0 radical (unpaired) electrons. The molecule has 0 unspecified atom stereocenters. The molecule has 0 saturated carbocycles. The van der Waals surface area contributed by atoms with Crippen molar-refractivity contribution in [1.29, 1.82) is 0 Å². The zero-order valence-electron chi connectivity index (χ0n) is 6.03. The van der Waals surface area contributed by atoms with Gasteiger partial charge >= 0.3 is 0 Å². The SMILES string of the molecule is Cc1cc(O)c(O)c(C=O)c1. The van der Waals surface area contributed by atoms with E-state index in [1.807, 2.05) is 0 Å². The highest BCUT2D eigenvalue weighted by atomic mass is 16.3. The molecule has 58 valence electrons. The van der Waals surface area contributed by atoms with Gasteiger partial charge in [-0.25, -0.2) is 0 Å². The van der Waals surface area contributed by atoms with Gasteiger partial charge in [-0.3, -0.25) is 4.79 Å². The number of carbonyl (C=O) groups excluding carboxylic acids is 1. The standard InChI is InChI=1S/C8H8O3/c1-5-2-6(4-9)8(11)7(10)3-5/h2-4,10-11H,1H3. The third-order valence-electron chi connectivity index (χ3n) is 1.39. The lowest BCUT2D eigenvalue weighted by Gasteiger charge is -2.00. The molecular weight excluding hydrogens is 144 g/mol. The van der Waals surface area contributed by atoms with Gasteiger partial charge in [0.25, 0.3) is 0 Å². The van der Waals surface area contributed by atoms with E-state index in [1.54, 1.807) is 6.92 Å². The number of rotatable bonds is 1. The van der Waals surface area contributed by atoms with E-state index in [9.17, 15) is 4.79 Å². The van der Waals surface area contributed by atoms with Crippen LogP contribution in [0.5, 0.6) is 11.5 Å². The fourth-order valence-electron chi connectivity index (χ4n) is 0.877. The monoisotopic (exact) mass is 152 g/mol. The van der Waals surface area contributed by atoms with Gasteiger partial charge < -0.3 is 10.2 Å². The molecule has 0 aliphatic heterocycles. The van der Waals surface area contributed by atoms with Crippen molar-refractivity contribution >= 4 is 6.29 Å². The highest BCUT2D eigenvalue weighted by molar-refractivity contribution is 5.81.